The third-order valence-corrected chi connectivity index (χ3v) is 5.88. The van der Waals surface area contributed by atoms with E-state index in [1.54, 1.807) is 13.1 Å². The molecule has 1 aliphatic heterocycles. The first-order valence-electron chi connectivity index (χ1n) is 11.0. The van der Waals surface area contributed by atoms with E-state index in [0.717, 1.165) is 38.6 Å². The lowest BCUT2D eigenvalue weighted by atomic mass is 10.0. The number of ether oxygens (including phenoxy) is 2. The fraction of sp³-hybridized carbons (Fsp3) is 0.320. The molecule has 0 bridgehead atoms. The Kier molecular flexibility index (Phi) is 7.21. The molecule has 0 N–H and O–H groups in total. The van der Waals surface area contributed by atoms with Crippen LogP contribution in [-0.2, 0) is 19.1 Å². The first-order chi connectivity index (χ1) is 16.3. The van der Waals surface area contributed by atoms with Crippen LogP contribution < -0.4 is 0 Å². The van der Waals surface area contributed by atoms with Crippen LogP contribution in [0.1, 0.15) is 55.5 Å². The van der Waals surface area contributed by atoms with Gasteiger partial charge in [0.15, 0.2) is 0 Å². The van der Waals surface area contributed by atoms with Crippen LogP contribution in [0.3, 0.4) is 0 Å². The van der Waals surface area contributed by atoms with Gasteiger partial charge in [-0.05, 0) is 44.2 Å². The molecule has 3 heterocycles. The SMILES string of the molecule is CC(=O)OC(C)CC(=O)OCC[C@@H]1N=C(c2ccccn2)c2cc(Br)ccc2-n2c(C)cnc21. The van der Waals surface area contributed by atoms with Crippen molar-refractivity contribution in [1.29, 1.82) is 0 Å². The van der Waals surface area contributed by atoms with Gasteiger partial charge in [-0.15, -0.1) is 0 Å². The van der Waals surface area contributed by atoms with Gasteiger partial charge < -0.3 is 9.47 Å². The number of nitrogens with zero attached hydrogens (tertiary/aromatic N) is 4. The first kappa shape index (κ1) is 23.8. The molecule has 4 rings (SSSR count). The van der Waals surface area contributed by atoms with Crippen molar-refractivity contribution in [2.24, 2.45) is 4.99 Å². The third kappa shape index (κ3) is 5.25. The Balaban J connectivity index is 1.64. The summed E-state index contributed by atoms with van der Waals surface area (Å²) in [5.74, 6) is -0.0806. The summed E-state index contributed by atoms with van der Waals surface area (Å²) in [6.07, 6.45) is 3.47. The van der Waals surface area contributed by atoms with Gasteiger partial charge in [-0.25, -0.2) is 4.98 Å². The van der Waals surface area contributed by atoms with Crippen molar-refractivity contribution in [2.45, 2.75) is 45.8 Å². The fourth-order valence-electron chi connectivity index (χ4n) is 3.98. The number of pyridine rings is 1. The van der Waals surface area contributed by atoms with Gasteiger partial charge >= 0.3 is 11.9 Å². The topological polar surface area (TPSA) is 95.7 Å². The van der Waals surface area contributed by atoms with Gasteiger partial charge in [0.25, 0.3) is 0 Å². The van der Waals surface area contributed by atoms with Crippen molar-refractivity contribution >= 4 is 33.6 Å². The van der Waals surface area contributed by atoms with E-state index < -0.39 is 18.0 Å². The van der Waals surface area contributed by atoms with Crippen LogP contribution in [0.2, 0.25) is 0 Å². The molecule has 8 nitrogen and oxygen atoms in total. The van der Waals surface area contributed by atoms with Gasteiger partial charge in [0.05, 0.1) is 30.1 Å². The predicted molar refractivity (Wildman–Crippen MR) is 130 cm³/mol. The van der Waals surface area contributed by atoms with Gasteiger partial charge in [-0.1, -0.05) is 22.0 Å². The molecule has 0 aliphatic carbocycles. The summed E-state index contributed by atoms with van der Waals surface area (Å²) in [5.41, 5.74) is 4.38. The molecule has 0 saturated carbocycles. The maximum Gasteiger partial charge on any atom is 0.309 e. The van der Waals surface area contributed by atoms with E-state index in [1.807, 2.05) is 49.5 Å². The van der Waals surface area contributed by atoms with Crippen molar-refractivity contribution in [2.75, 3.05) is 6.61 Å². The first-order valence-corrected chi connectivity index (χ1v) is 11.8. The molecule has 2 aromatic heterocycles. The van der Waals surface area contributed by atoms with Gasteiger partial charge in [0, 0.05) is 41.5 Å². The number of carbonyl (C=O) groups excluding carboxylic acids is 2. The number of aromatic nitrogens is 3. The number of rotatable bonds is 7. The number of esters is 2. The largest absolute Gasteiger partial charge is 0.465 e. The van der Waals surface area contributed by atoms with Gasteiger partial charge in [-0.2, -0.15) is 0 Å². The van der Waals surface area contributed by atoms with Crippen molar-refractivity contribution in [1.82, 2.24) is 14.5 Å². The molecule has 0 fully saturated rings. The molecule has 1 aliphatic rings. The normalized spacial score (nSPS) is 15.4. The minimum absolute atomic E-state index is 0.0000961. The number of aryl methyl sites for hydroxylation is 1. The Bertz CT molecular complexity index is 1240. The van der Waals surface area contributed by atoms with E-state index in [9.17, 15) is 9.59 Å². The molecule has 1 aromatic carbocycles. The Morgan fingerprint density at radius 3 is 2.76 bits per heavy atom. The van der Waals surface area contributed by atoms with Crippen molar-refractivity contribution < 1.29 is 19.1 Å². The number of benzene rings is 1. The number of aliphatic imine (C=N–C) groups is 1. The summed E-state index contributed by atoms with van der Waals surface area (Å²) in [6, 6.07) is 11.4. The maximum atomic E-state index is 12.2. The quantitative estimate of drug-likeness (QED) is 0.422. The summed E-state index contributed by atoms with van der Waals surface area (Å²) < 4.78 is 13.5. The second-order valence-electron chi connectivity index (χ2n) is 8.10. The Hall–Kier alpha value is -3.33. The van der Waals surface area contributed by atoms with Crippen LogP contribution in [0.5, 0.6) is 0 Å². The van der Waals surface area contributed by atoms with E-state index in [2.05, 4.69) is 30.5 Å². The Morgan fingerprint density at radius 2 is 2.03 bits per heavy atom. The number of imidazole rings is 1. The lowest BCUT2D eigenvalue weighted by Gasteiger charge is -2.15. The van der Waals surface area contributed by atoms with Gasteiger partial charge in [0.2, 0.25) is 0 Å². The monoisotopic (exact) mass is 524 g/mol. The molecule has 2 atom stereocenters. The second-order valence-corrected chi connectivity index (χ2v) is 9.01. The molecule has 0 saturated heterocycles. The highest BCUT2D eigenvalue weighted by Gasteiger charge is 2.28. The van der Waals surface area contributed by atoms with E-state index in [4.69, 9.17) is 14.5 Å². The summed E-state index contributed by atoms with van der Waals surface area (Å²) in [4.78, 5) is 37.5. The highest BCUT2D eigenvalue weighted by Crippen LogP contribution is 2.34. The van der Waals surface area contributed by atoms with Crippen molar-refractivity contribution in [3.05, 3.63) is 76.0 Å². The van der Waals surface area contributed by atoms with E-state index >= 15 is 0 Å². The Labute approximate surface area is 206 Å². The zero-order valence-electron chi connectivity index (χ0n) is 19.2. The van der Waals surface area contributed by atoms with Crippen LogP contribution >= 0.6 is 15.9 Å². The molecule has 34 heavy (non-hydrogen) atoms. The molecule has 3 aromatic rings. The predicted octanol–water partition coefficient (Wildman–Crippen LogP) is 4.51. The van der Waals surface area contributed by atoms with Crippen molar-refractivity contribution in [3.8, 4) is 5.69 Å². The molecule has 9 heteroatoms. The van der Waals surface area contributed by atoms with Gasteiger partial charge in [0.1, 0.15) is 18.0 Å². The average Bonchev–Trinajstić information content (AvgIpc) is 3.10. The number of carbonyl (C=O) groups is 2. The minimum Gasteiger partial charge on any atom is -0.465 e. The lowest BCUT2D eigenvalue weighted by Crippen LogP contribution is -2.19. The molecule has 0 radical (unpaired) electrons. The van der Waals surface area contributed by atoms with E-state index in [-0.39, 0.29) is 19.1 Å². The highest BCUT2D eigenvalue weighted by atomic mass is 79.9. The summed E-state index contributed by atoms with van der Waals surface area (Å²) in [5, 5.41) is 0. The molecular weight excluding hydrogens is 500 g/mol. The van der Waals surface area contributed by atoms with Gasteiger partial charge in [-0.3, -0.25) is 24.1 Å². The average molecular weight is 525 g/mol. The fourth-order valence-corrected chi connectivity index (χ4v) is 4.34. The smallest absolute Gasteiger partial charge is 0.309 e. The summed E-state index contributed by atoms with van der Waals surface area (Å²) in [7, 11) is 0. The summed E-state index contributed by atoms with van der Waals surface area (Å²) in [6.45, 7) is 5.13. The molecular formula is C25H25BrN4O4. The number of halogens is 1. The standard InChI is InChI=1S/C25H25BrN4O4/c1-15-14-28-25-21(9-11-33-23(32)12-16(2)34-17(3)31)29-24(20-6-4-5-10-27-20)19-13-18(26)7-8-22(19)30(15)25/h4-8,10,13-14,16,21H,9,11-12H2,1-3H3/t16?,21-/m0/s1. The molecule has 0 amide bonds. The van der Waals surface area contributed by atoms with Crippen LogP contribution in [0, 0.1) is 6.92 Å². The maximum absolute atomic E-state index is 12.2. The Morgan fingerprint density at radius 1 is 1.21 bits per heavy atom. The molecule has 1 unspecified atom stereocenters. The lowest BCUT2D eigenvalue weighted by molar-refractivity contribution is -0.152. The van der Waals surface area contributed by atoms with Crippen LogP contribution in [0.25, 0.3) is 5.69 Å². The zero-order chi connectivity index (χ0) is 24.2. The number of hydrogen-bond donors (Lipinski definition) is 0. The van der Waals surface area contributed by atoms with Crippen molar-refractivity contribution in [3.63, 3.8) is 0 Å². The number of hydrogen-bond acceptors (Lipinski definition) is 7. The zero-order valence-corrected chi connectivity index (χ0v) is 20.8. The third-order valence-electron chi connectivity index (χ3n) is 5.39. The highest BCUT2D eigenvalue weighted by molar-refractivity contribution is 9.10. The molecule has 0 spiro atoms. The second kappa shape index (κ2) is 10.3. The molecule has 176 valence electrons. The van der Waals surface area contributed by atoms with Crippen LogP contribution in [0.15, 0.2) is 58.3 Å². The van der Waals surface area contributed by atoms with E-state index in [1.165, 1.54) is 6.92 Å². The summed E-state index contributed by atoms with van der Waals surface area (Å²) >= 11 is 3.58. The van der Waals surface area contributed by atoms with Crippen LogP contribution in [0.4, 0.5) is 0 Å². The number of fused-ring (bicyclic) bond motifs is 3. The van der Waals surface area contributed by atoms with E-state index in [0.29, 0.717) is 6.42 Å². The van der Waals surface area contributed by atoms with Crippen LogP contribution in [-0.4, -0.2) is 44.9 Å². The minimum atomic E-state index is -0.536.